The van der Waals surface area contributed by atoms with Crippen molar-refractivity contribution in [1.82, 2.24) is 0 Å². The summed E-state index contributed by atoms with van der Waals surface area (Å²) in [6.07, 6.45) is 12.9. The standard InChI is InChI=1S/C26H31F2NS/c1-3-4-5-19-6-10-22(11-7-19)23-13-12-21(18(2)14-23)9-8-20-15-24(27)26(30-17-29)25(28)16-20/h15-16,19,22-23H,3-7,10-14H2,1-2H3. The number of rotatable bonds is 5. The molecule has 1 fully saturated rings. The molecule has 0 aliphatic heterocycles. The Morgan fingerprint density at radius 2 is 1.73 bits per heavy atom. The maximum absolute atomic E-state index is 14.0. The second-order valence-electron chi connectivity index (χ2n) is 8.90. The number of halogens is 2. The van der Waals surface area contributed by atoms with Crippen LogP contribution in [0.25, 0.3) is 0 Å². The molecule has 2 aliphatic rings. The minimum absolute atomic E-state index is 0.261. The number of nitrogens with zero attached hydrogens (tertiary/aromatic N) is 1. The van der Waals surface area contributed by atoms with Crippen LogP contribution in [0.4, 0.5) is 8.78 Å². The number of benzene rings is 1. The van der Waals surface area contributed by atoms with Crippen molar-refractivity contribution in [2.75, 3.05) is 0 Å². The van der Waals surface area contributed by atoms with E-state index in [1.807, 2.05) is 0 Å². The molecule has 1 atom stereocenters. The fourth-order valence-corrected chi connectivity index (χ4v) is 5.50. The van der Waals surface area contributed by atoms with Crippen LogP contribution in [0.2, 0.25) is 0 Å². The van der Waals surface area contributed by atoms with Gasteiger partial charge in [0.05, 0.1) is 4.90 Å². The molecular formula is C26H31F2NS. The predicted octanol–water partition coefficient (Wildman–Crippen LogP) is 8.00. The molecule has 0 heterocycles. The zero-order valence-corrected chi connectivity index (χ0v) is 18.9. The zero-order chi connectivity index (χ0) is 21.5. The van der Waals surface area contributed by atoms with Gasteiger partial charge >= 0.3 is 0 Å². The topological polar surface area (TPSA) is 23.8 Å². The lowest BCUT2D eigenvalue weighted by Gasteiger charge is -2.36. The minimum atomic E-state index is -0.727. The number of thioether (sulfide) groups is 1. The van der Waals surface area contributed by atoms with E-state index in [4.69, 9.17) is 5.26 Å². The van der Waals surface area contributed by atoms with Crippen LogP contribution in [0.3, 0.4) is 0 Å². The predicted molar refractivity (Wildman–Crippen MR) is 120 cm³/mol. The van der Waals surface area contributed by atoms with Crippen LogP contribution in [0.1, 0.15) is 83.6 Å². The first-order valence-electron chi connectivity index (χ1n) is 11.3. The van der Waals surface area contributed by atoms with E-state index < -0.39 is 11.6 Å². The SMILES string of the molecule is CCCCC1CCC(C2CCC(C#Cc3cc(F)c(SC#N)c(F)c3)=C(C)C2)CC1. The van der Waals surface area contributed by atoms with E-state index in [1.54, 1.807) is 5.40 Å². The molecule has 0 amide bonds. The summed E-state index contributed by atoms with van der Waals surface area (Å²) < 4.78 is 28.0. The van der Waals surface area contributed by atoms with E-state index in [1.165, 1.54) is 69.1 Å². The van der Waals surface area contributed by atoms with Crippen LogP contribution in [0.5, 0.6) is 0 Å². The lowest BCUT2D eigenvalue weighted by Crippen LogP contribution is -2.24. The molecule has 1 saturated carbocycles. The highest BCUT2D eigenvalue weighted by Crippen LogP contribution is 2.42. The van der Waals surface area contributed by atoms with Gasteiger partial charge in [0, 0.05) is 11.1 Å². The fraction of sp³-hybridized carbons (Fsp3) is 0.577. The third-order valence-electron chi connectivity index (χ3n) is 6.88. The molecule has 0 saturated heterocycles. The third-order valence-corrected chi connectivity index (χ3v) is 7.56. The highest BCUT2D eigenvalue weighted by molar-refractivity contribution is 8.03. The maximum atomic E-state index is 14.0. The first kappa shape index (κ1) is 22.9. The van der Waals surface area contributed by atoms with Crippen LogP contribution in [-0.2, 0) is 0 Å². The Bertz CT molecular complexity index is 856. The molecular weight excluding hydrogens is 396 g/mol. The Hall–Kier alpha value is -1.78. The zero-order valence-electron chi connectivity index (χ0n) is 18.1. The monoisotopic (exact) mass is 427 g/mol. The second-order valence-corrected chi connectivity index (χ2v) is 9.69. The molecule has 0 radical (unpaired) electrons. The second kappa shape index (κ2) is 11.0. The van der Waals surface area contributed by atoms with E-state index in [0.29, 0.717) is 17.3 Å². The van der Waals surface area contributed by atoms with Gasteiger partial charge in [0.25, 0.3) is 0 Å². The van der Waals surface area contributed by atoms with Crippen molar-refractivity contribution in [2.45, 2.75) is 83.0 Å². The van der Waals surface area contributed by atoms with Gasteiger partial charge in [-0.25, -0.2) is 8.78 Å². The highest BCUT2D eigenvalue weighted by atomic mass is 32.2. The molecule has 1 nitrogen and oxygen atoms in total. The quantitative estimate of drug-likeness (QED) is 0.270. The van der Waals surface area contributed by atoms with E-state index in [2.05, 4.69) is 25.7 Å². The Morgan fingerprint density at radius 1 is 1.03 bits per heavy atom. The normalized spacial score (nSPS) is 24.2. The van der Waals surface area contributed by atoms with Crippen molar-refractivity contribution in [1.29, 1.82) is 5.26 Å². The number of nitriles is 1. The molecule has 0 aromatic heterocycles. The first-order valence-corrected chi connectivity index (χ1v) is 12.1. The van der Waals surface area contributed by atoms with Crippen molar-refractivity contribution in [3.63, 3.8) is 0 Å². The number of hydrogen-bond acceptors (Lipinski definition) is 2. The Morgan fingerprint density at radius 3 is 2.33 bits per heavy atom. The Labute approximate surface area is 184 Å². The first-order chi connectivity index (χ1) is 14.5. The van der Waals surface area contributed by atoms with Crippen molar-refractivity contribution >= 4 is 11.8 Å². The van der Waals surface area contributed by atoms with Gasteiger partial charge in [-0.3, -0.25) is 0 Å². The van der Waals surface area contributed by atoms with Crippen LogP contribution < -0.4 is 0 Å². The largest absolute Gasteiger partial charge is 0.206 e. The molecule has 1 aromatic rings. The molecule has 1 aromatic carbocycles. The summed E-state index contributed by atoms with van der Waals surface area (Å²) in [6, 6.07) is 2.43. The summed E-state index contributed by atoms with van der Waals surface area (Å²) >= 11 is 0.499. The Kier molecular flexibility index (Phi) is 8.41. The average Bonchev–Trinajstić information content (AvgIpc) is 2.74. The van der Waals surface area contributed by atoms with Crippen molar-refractivity contribution in [3.8, 4) is 17.2 Å². The summed E-state index contributed by atoms with van der Waals surface area (Å²) in [7, 11) is 0. The summed E-state index contributed by atoms with van der Waals surface area (Å²) in [4.78, 5) is -0.261. The molecule has 0 bridgehead atoms. The number of thiocyanates is 1. The van der Waals surface area contributed by atoms with Crippen molar-refractivity contribution in [3.05, 3.63) is 40.5 Å². The molecule has 30 heavy (non-hydrogen) atoms. The summed E-state index contributed by atoms with van der Waals surface area (Å²) in [5.41, 5.74) is 2.78. The Balaban J connectivity index is 1.61. The van der Waals surface area contributed by atoms with Gasteiger partial charge in [0.1, 0.15) is 17.0 Å². The van der Waals surface area contributed by atoms with E-state index >= 15 is 0 Å². The smallest absolute Gasteiger partial charge is 0.142 e. The van der Waals surface area contributed by atoms with Crippen LogP contribution in [-0.4, -0.2) is 0 Å². The number of hydrogen-bond donors (Lipinski definition) is 0. The molecule has 4 heteroatoms. The lowest BCUT2D eigenvalue weighted by atomic mass is 9.69. The molecule has 0 N–H and O–H groups in total. The van der Waals surface area contributed by atoms with Crippen LogP contribution >= 0.6 is 11.8 Å². The summed E-state index contributed by atoms with van der Waals surface area (Å²) in [5, 5.41) is 10.4. The molecule has 160 valence electrons. The average molecular weight is 428 g/mol. The molecule has 3 rings (SSSR count). The number of unbranched alkanes of at least 4 members (excludes halogenated alkanes) is 1. The van der Waals surface area contributed by atoms with Crippen LogP contribution in [0.15, 0.2) is 28.2 Å². The van der Waals surface area contributed by atoms with Gasteiger partial charge in [-0.2, -0.15) is 5.26 Å². The molecule has 1 unspecified atom stereocenters. The number of allylic oxidation sites excluding steroid dienone is 2. The van der Waals surface area contributed by atoms with E-state index in [0.717, 1.165) is 36.2 Å². The highest BCUT2D eigenvalue weighted by Gasteiger charge is 2.29. The van der Waals surface area contributed by atoms with Crippen molar-refractivity contribution < 1.29 is 8.78 Å². The lowest BCUT2D eigenvalue weighted by molar-refractivity contribution is 0.183. The van der Waals surface area contributed by atoms with Crippen LogP contribution in [0, 0.1) is 51.9 Å². The molecule has 2 aliphatic carbocycles. The van der Waals surface area contributed by atoms with Gasteiger partial charge in [0.15, 0.2) is 0 Å². The van der Waals surface area contributed by atoms with Gasteiger partial charge in [0.2, 0.25) is 0 Å². The maximum Gasteiger partial charge on any atom is 0.142 e. The molecule has 0 spiro atoms. The van der Waals surface area contributed by atoms with Gasteiger partial charge < -0.3 is 0 Å². The van der Waals surface area contributed by atoms with Crippen molar-refractivity contribution in [2.24, 2.45) is 17.8 Å². The van der Waals surface area contributed by atoms with Gasteiger partial charge in [-0.1, -0.05) is 56.4 Å². The summed E-state index contributed by atoms with van der Waals surface area (Å²) in [6.45, 7) is 4.44. The van der Waals surface area contributed by atoms with Gasteiger partial charge in [-0.05, 0) is 80.7 Å². The van der Waals surface area contributed by atoms with E-state index in [-0.39, 0.29) is 4.90 Å². The third kappa shape index (κ3) is 5.89. The minimum Gasteiger partial charge on any atom is -0.206 e. The van der Waals surface area contributed by atoms with E-state index in [9.17, 15) is 8.78 Å². The van der Waals surface area contributed by atoms with Gasteiger partial charge in [-0.15, -0.1) is 0 Å². The summed E-state index contributed by atoms with van der Waals surface area (Å²) in [5.74, 6) is 7.21. The fourth-order valence-electron chi connectivity index (χ4n) is 5.10.